The van der Waals surface area contributed by atoms with Crippen LogP contribution in [0, 0.1) is 13.8 Å². The van der Waals surface area contributed by atoms with Gasteiger partial charge in [0.1, 0.15) is 5.01 Å². The van der Waals surface area contributed by atoms with Crippen LogP contribution in [0.3, 0.4) is 0 Å². The van der Waals surface area contributed by atoms with Crippen LogP contribution >= 0.6 is 27.3 Å². The highest BCUT2D eigenvalue weighted by molar-refractivity contribution is 9.10. The van der Waals surface area contributed by atoms with Crippen molar-refractivity contribution in [3.63, 3.8) is 0 Å². The van der Waals surface area contributed by atoms with Crippen molar-refractivity contribution >= 4 is 38.6 Å². The lowest BCUT2D eigenvalue weighted by Crippen LogP contribution is -2.17. The van der Waals surface area contributed by atoms with E-state index in [1.165, 1.54) is 4.88 Å². The van der Waals surface area contributed by atoms with E-state index in [9.17, 15) is 0 Å². The minimum absolute atomic E-state index is 0.775. The van der Waals surface area contributed by atoms with Crippen LogP contribution in [-0.2, 0) is 6.54 Å². The summed E-state index contributed by atoms with van der Waals surface area (Å²) in [6.07, 6.45) is 0. The van der Waals surface area contributed by atoms with Gasteiger partial charge in [-0.2, -0.15) is 0 Å². The molecule has 0 aliphatic heterocycles. The maximum Gasteiger partial charge on any atom is 0.112 e. The minimum atomic E-state index is 0.775. The van der Waals surface area contributed by atoms with E-state index in [0.717, 1.165) is 33.1 Å². The average Bonchev–Trinajstić information content (AvgIpc) is 2.57. The standard InChI is InChI=1S/C13H16BrN3S/c1-8-9(2)18-13(16-8)7-17(3)12-5-4-10(14)6-11(12)15/h4-6H,7,15H2,1-3H3. The van der Waals surface area contributed by atoms with E-state index in [2.05, 4.69) is 32.7 Å². The van der Waals surface area contributed by atoms with Crippen LogP contribution in [0.4, 0.5) is 11.4 Å². The van der Waals surface area contributed by atoms with Gasteiger partial charge >= 0.3 is 0 Å². The first-order valence-electron chi connectivity index (χ1n) is 5.66. The van der Waals surface area contributed by atoms with E-state index < -0.39 is 0 Å². The van der Waals surface area contributed by atoms with Gasteiger partial charge in [0.2, 0.25) is 0 Å². The molecule has 0 fully saturated rings. The summed E-state index contributed by atoms with van der Waals surface area (Å²) in [6, 6.07) is 5.94. The number of halogens is 1. The van der Waals surface area contributed by atoms with Crippen molar-refractivity contribution in [2.75, 3.05) is 17.7 Å². The second kappa shape index (κ2) is 5.28. The summed E-state index contributed by atoms with van der Waals surface area (Å²) in [4.78, 5) is 7.95. The first-order valence-corrected chi connectivity index (χ1v) is 7.27. The van der Waals surface area contributed by atoms with E-state index in [4.69, 9.17) is 5.73 Å². The van der Waals surface area contributed by atoms with Crippen molar-refractivity contribution in [1.82, 2.24) is 4.98 Å². The normalized spacial score (nSPS) is 10.7. The van der Waals surface area contributed by atoms with Crippen LogP contribution in [0.2, 0.25) is 0 Å². The summed E-state index contributed by atoms with van der Waals surface area (Å²) in [5.41, 5.74) is 8.95. The summed E-state index contributed by atoms with van der Waals surface area (Å²) in [5, 5.41) is 1.12. The van der Waals surface area contributed by atoms with Gasteiger partial charge in [0.25, 0.3) is 0 Å². The van der Waals surface area contributed by atoms with Crippen molar-refractivity contribution in [2.45, 2.75) is 20.4 Å². The lowest BCUT2D eigenvalue weighted by Gasteiger charge is -2.19. The molecule has 5 heteroatoms. The van der Waals surface area contributed by atoms with E-state index in [-0.39, 0.29) is 0 Å². The van der Waals surface area contributed by atoms with Gasteiger partial charge in [-0.3, -0.25) is 0 Å². The summed E-state index contributed by atoms with van der Waals surface area (Å²) in [6.45, 7) is 4.93. The summed E-state index contributed by atoms with van der Waals surface area (Å²) in [5.74, 6) is 0. The van der Waals surface area contributed by atoms with E-state index in [0.29, 0.717) is 0 Å². The molecule has 0 spiro atoms. The topological polar surface area (TPSA) is 42.2 Å². The molecule has 0 amide bonds. The lowest BCUT2D eigenvalue weighted by molar-refractivity contribution is 0.906. The van der Waals surface area contributed by atoms with Crippen molar-refractivity contribution in [2.24, 2.45) is 0 Å². The van der Waals surface area contributed by atoms with E-state index in [1.54, 1.807) is 11.3 Å². The van der Waals surface area contributed by atoms with Crippen LogP contribution in [-0.4, -0.2) is 12.0 Å². The Morgan fingerprint density at radius 2 is 2.11 bits per heavy atom. The van der Waals surface area contributed by atoms with Crippen LogP contribution in [0.5, 0.6) is 0 Å². The Balaban J connectivity index is 2.19. The van der Waals surface area contributed by atoms with Crippen molar-refractivity contribution in [3.8, 4) is 0 Å². The lowest BCUT2D eigenvalue weighted by atomic mass is 10.2. The second-order valence-electron chi connectivity index (χ2n) is 4.31. The van der Waals surface area contributed by atoms with Crippen molar-refractivity contribution in [1.29, 1.82) is 0 Å². The maximum atomic E-state index is 6.02. The minimum Gasteiger partial charge on any atom is -0.397 e. The Bertz CT molecular complexity index is 546. The first kappa shape index (κ1) is 13.4. The summed E-state index contributed by atoms with van der Waals surface area (Å²) < 4.78 is 0.998. The Kier molecular flexibility index (Phi) is 3.92. The van der Waals surface area contributed by atoms with E-state index >= 15 is 0 Å². The molecule has 3 nitrogen and oxygen atoms in total. The number of rotatable bonds is 3. The third kappa shape index (κ3) is 2.84. The van der Waals surface area contributed by atoms with Gasteiger partial charge in [-0.25, -0.2) is 4.98 Å². The molecule has 1 aromatic carbocycles. The number of nitrogens with two attached hydrogens (primary N) is 1. The molecule has 18 heavy (non-hydrogen) atoms. The molecule has 1 heterocycles. The quantitative estimate of drug-likeness (QED) is 0.874. The highest BCUT2D eigenvalue weighted by atomic mass is 79.9. The molecule has 0 bridgehead atoms. The Hall–Kier alpha value is -1.07. The SMILES string of the molecule is Cc1nc(CN(C)c2ccc(Br)cc2N)sc1C. The zero-order chi connectivity index (χ0) is 13.3. The molecule has 0 saturated carbocycles. The molecule has 0 saturated heterocycles. The molecular weight excluding hydrogens is 310 g/mol. The third-order valence-corrected chi connectivity index (χ3v) is 4.40. The molecule has 0 aliphatic rings. The first-order chi connectivity index (χ1) is 8.47. The smallest absolute Gasteiger partial charge is 0.112 e. The molecule has 1 aromatic heterocycles. The third-order valence-electron chi connectivity index (χ3n) is 2.85. The molecule has 0 aliphatic carbocycles. The molecule has 2 rings (SSSR count). The predicted octanol–water partition coefficient (Wildman–Crippen LogP) is 3.74. The Morgan fingerprint density at radius 3 is 2.67 bits per heavy atom. The average molecular weight is 326 g/mol. The predicted molar refractivity (Wildman–Crippen MR) is 82.2 cm³/mol. The molecule has 0 atom stereocenters. The number of nitrogen functional groups attached to an aromatic ring is 1. The van der Waals surface area contributed by atoms with E-state index in [1.807, 2.05) is 32.2 Å². The second-order valence-corrected chi connectivity index (χ2v) is 6.51. The highest BCUT2D eigenvalue weighted by Crippen LogP contribution is 2.28. The van der Waals surface area contributed by atoms with Crippen LogP contribution in [0.25, 0.3) is 0 Å². The van der Waals surface area contributed by atoms with Crippen LogP contribution in [0.1, 0.15) is 15.6 Å². The fourth-order valence-electron chi connectivity index (χ4n) is 1.77. The fourth-order valence-corrected chi connectivity index (χ4v) is 3.13. The number of hydrogen-bond acceptors (Lipinski definition) is 4. The van der Waals surface area contributed by atoms with Gasteiger partial charge in [-0.1, -0.05) is 15.9 Å². The van der Waals surface area contributed by atoms with Crippen molar-refractivity contribution in [3.05, 3.63) is 38.3 Å². The van der Waals surface area contributed by atoms with Gasteiger partial charge in [-0.05, 0) is 32.0 Å². The monoisotopic (exact) mass is 325 g/mol. The van der Waals surface area contributed by atoms with Gasteiger partial charge in [0, 0.05) is 16.4 Å². The number of anilines is 2. The number of aryl methyl sites for hydroxylation is 2. The van der Waals surface area contributed by atoms with Gasteiger partial charge in [-0.15, -0.1) is 11.3 Å². The highest BCUT2D eigenvalue weighted by Gasteiger charge is 2.10. The molecule has 0 radical (unpaired) electrons. The Labute approximate surface area is 120 Å². The maximum absolute atomic E-state index is 6.02. The fraction of sp³-hybridized carbons (Fsp3) is 0.308. The number of aromatic nitrogens is 1. The number of benzene rings is 1. The van der Waals surface area contributed by atoms with Crippen LogP contribution < -0.4 is 10.6 Å². The number of thiazole rings is 1. The zero-order valence-corrected chi connectivity index (χ0v) is 13.1. The number of nitrogens with zero attached hydrogens (tertiary/aromatic N) is 2. The molecule has 96 valence electrons. The molecule has 0 unspecified atom stereocenters. The number of hydrogen-bond donors (Lipinski definition) is 1. The van der Waals surface area contributed by atoms with Crippen molar-refractivity contribution < 1.29 is 0 Å². The van der Waals surface area contributed by atoms with Gasteiger partial charge in [0.15, 0.2) is 0 Å². The largest absolute Gasteiger partial charge is 0.397 e. The summed E-state index contributed by atoms with van der Waals surface area (Å²) >= 11 is 5.16. The molecule has 2 N–H and O–H groups in total. The summed E-state index contributed by atoms with van der Waals surface area (Å²) in [7, 11) is 2.03. The van der Waals surface area contributed by atoms with Crippen LogP contribution in [0.15, 0.2) is 22.7 Å². The molecule has 2 aromatic rings. The Morgan fingerprint density at radius 1 is 1.39 bits per heavy atom. The van der Waals surface area contributed by atoms with Gasteiger partial charge < -0.3 is 10.6 Å². The van der Waals surface area contributed by atoms with Gasteiger partial charge in [0.05, 0.1) is 23.6 Å². The zero-order valence-electron chi connectivity index (χ0n) is 10.7. The molecular formula is C13H16BrN3S.